The molecule has 0 saturated carbocycles. The van der Waals surface area contributed by atoms with Gasteiger partial charge in [-0.05, 0) is 96.3 Å². The molecule has 3 rings (SSSR count). The predicted octanol–water partition coefficient (Wildman–Crippen LogP) is 7.30. The van der Waals surface area contributed by atoms with Crippen LogP contribution in [0.4, 0.5) is 0 Å². The summed E-state index contributed by atoms with van der Waals surface area (Å²) < 4.78 is 28.1. The molecular formula is C32H39INO8P. The molecule has 2 aromatic carbocycles. The van der Waals surface area contributed by atoms with Crippen LogP contribution in [0, 0.1) is 0 Å². The quantitative estimate of drug-likeness (QED) is 0.0672. The van der Waals surface area contributed by atoms with Gasteiger partial charge < -0.3 is 33.5 Å². The van der Waals surface area contributed by atoms with E-state index in [1.54, 1.807) is 61.6 Å². The number of aliphatic hydroxyl groups excluding tert-OH is 1. The van der Waals surface area contributed by atoms with Crippen LogP contribution >= 0.6 is 28.5 Å². The molecule has 1 N–H and O–H groups in total. The minimum atomic E-state index is -0.484. The number of amides is 1. The highest BCUT2D eigenvalue weighted by molar-refractivity contribution is 14.2. The summed E-state index contributed by atoms with van der Waals surface area (Å²) in [4.78, 5) is 28.0. The molecule has 0 aliphatic carbocycles. The van der Waals surface area contributed by atoms with Crippen LogP contribution in [0.3, 0.4) is 0 Å². The monoisotopic (exact) mass is 723 g/mol. The van der Waals surface area contributed by atoms with E-state index in [2.05, 4.69) is 22.0 Å². The topological polar surface area (TPSA) is 104 Å². The highest BCUT2D eigenvalue weighted by Crippen LogP contribution is 2.35. The fraction of sp³-hybridized carbons (Fsp3) is 0.375. The lowest BCUT2D eigenvalue weighted by atomic mass is 10.0. The van der Waals surface area contributed by atoms with Crippen LogP contribution in [0.1, 0.15) is 50.7 Å². The molecule has 2 aromatic rings. The van der Waals surface area contributed by atoms with Crippen LogP contribution in [0.25, 0.3) is 12.2 Å². The first-order valence-corrected chi connectivity index (χ1v) is 18.1. The van der Waals surface area contributed by atoms with E-state index in [4.69, 9.17) is 23.5 Å². The van der Waals surface area contributed by atoms with Crippen molar-refractivity contribution >= 4 is 52.3 Å². The fourth-order valence-corrected chi connectivity index (χ4v) is 5.40. The van der Waals surface area contributed by atoms with Gasteiger partial charge in [0.1, 0.15) is 12.2 Å². The minimum absolute atomic E-state index is 0.0104. The maximum absolute atomic E-state index is 13.4. The van der Waals surface area contributed by atoms with Gasteiger partial charge in [0, 0.05) is 19.5 Å². The third-order valence-corrected chi connectivity index (χ3v) is 7.79. The molecule has 0 bridgehead atoms. The molecule has 0 aromatic heterocycles. The highest BCUT2D eigenvalue weighted by atomic mass is 127. The average molecular weight is 724 g/mol. The van der Waals surface area contributed by atoms with Gasteiger partial charge in [-0.3, -0.25) is 9.59 Å². The van der Waals surface area contributed by atoms with Gasteiger partial charge in [0.25, 0.3) is 0 Å². The summed E-state index contributed by atoms with van der Waals surface area (Å²) in [5.74, 6) is 1.18. The molecule has 43 heavy (non-hydrogen) atoms. The first-order chi connectivity index (χ1) is 20.8. The smallest absolute Gasteiger partial charge is 0.227 e. The predicted molar refractivity (Wildman–Crippen MR) is 178 cm³/mol. The van der Waals surface area contributed by atoms with Crippen LogP contribution < -0.4 is 18.7 Å². The third-order valence-electron chi connectivity index (χ3n) is 6.83. The zero-order chi connectivity index (χ0) is 31.2. The number of carbonyl (C=O) groups is 2. The van der Waals surface area contributed by atoms with Gasteiger partial charge in [-0.1, -0.05) is 24.3 Å². The number of ether oxygens (including phenoxy) is 4. The Balaban J connectivity index is 1.86. The number of rotatable bonds is 15. The molecule has 2 atom stereocenters. The lowest BCUT2D eigenvalue weighted by Crippen LogP contribution is -2.31. The summed E-state index contributed by atoms with van der Waals surface area (Å²) in [6.45, 7) is 5.62. The van der Waals surface area contributed by atoms with Crippen LogP contribution in [0.2, 0.25) is 0 Å². The Morgan fingerprint density at radius 2 is 1.60 bits per heavy atom. The molecule has 11 heteroatoms. The van der Waals surface area contributed by atoms with Gasteiger partial charge in [0.2, 0.25) is 5.91 Å². The first-order valence-electron chi connectivity index (χ1n) is 14.1. The molecule has 1 aliphatic heterocycles. The van der Waals surface area contributed by atoms with Crippen molar-refractivity contribution in [2.75, 3.05) is 33.9 Å². The maximum atomic E-state index is 13.4. The molecule has 1 saturated heterocycles. The van der Waals surface area contributed by atoms with Crippen LogP contribution in [0.15, 0.2) is 59.9 Å². The minimum Gasteiger partial charge on any atom is -0.508 e. The number of halogens is 1. The van der Waals surface area contributed by atoms with Gasteiger partial charge in [-0.25, -0.2) is 0 Å². The molecule has 2 unspecified atom stereocenters. The SMILES string of the molecule is CCN(CC)C(=O)C/C(C(=O)/C=C/c1ccc(OC2CCCCO2)c(OC)c1)=C(O)\C=C\c1ccc(OPI)c(OC)c1. The van der Waals surface area contributed by atoms with E-state index in [1.165, 1.54) is 12.2 Å². The summed E-state index contributed by atoms with van der Waals surface area (Å²) in [5.41, 5.74) is 1.40. The summed E-state index contributed by atoms with van der Waals surface area (Å²) in [7, 11) is 3.10. The van der Waals surface area contributed by atoms with Gasteiger partial charge in [-0.15, -0.1) is 0 Å². The number of methoxy groups -OCH3 is 2. The number of benzene rings is 2. The maximum Gasteiger partial charge on any atom is 0.227 e. The zero-order valence-electron chi connectivity index (χ0n) is 24.9. The van der Waals surface area contributed by atoms with E-state index in [9.17, 15) is 14.7 Å². The van der Waals surface area contributed by atoms with Crippen molar-refractivity contribution < 1.29 is 38.2 Å². The zero-order valence-corrected chi connectivity index (χ0v) is 28.1. The van der Waals surface area contributed by atoms with Crippen molar-refractivity contribution in [3.05, 3.63) is 71.0 Å². The molecule has 1 heterocycles. The second-order valence-electron chi connectivity index (χ2n) is 9.55. The average Bonchev–Trinajstić information content (AvgIpc) is 3.03. The fourth-order valence-electron chi connectivity index (χ4n) is 4.44. The largest absolute Gasteiger partial charge is 0.508 e. The summed E-state index contributed by atoms with van der Waals surface area (Å²) in [6, 6.07) is 10.7. The molecule has 1 amide bonds. The second-order valence-corrected chi connectivity index (χ2v) is 11.2. The molecule has 0 radical (unpaired) electrons. The Labute approximate surface area is 268 Å². The van der Waals surface area contributed by atoms with Crippen LogP contribution in [-0.2, 0) is 14.3 Å². The molecule has 232 valence electrons. The van der Waals surface area contributed by atoms with E-state index < -0.39 is 5.78 Å². The van der Waals surface area contributed by atoms with E-state index in [0.29, 0.717) is 48.3 Å². The Hall–Kier alpha value is -3.08. The van der Waals surface area contributed by atoms with Crippen molar-refractivity contribution in [2.45, 2.75) is 45.8 Å². The van der Waals surface area contributed by atoms with Gasteiger partial charge in [-0.2, -0.15) is 0 Å². The van der Waals surface area contributed by atoms with Crippen molar-refractivity contribution in [1.82, 2.24) is 4.90 Å². The van der Waals surface area contributed by atoms with Crippen molar-refractivity contribution in [2.24, 2.45) is 0 Å². The number of allylic oxidation sites excluding steroid dienone is 2. The molecule has 1 aliphatic rings. The highest BCUT2D eigenvalue weighted by Gasteiger charge is 2.20. The summed E-state index contributed by atoms with van der Waals surface area (Å²) in [5, 5.41) is 11.0. The molecule has 1 fully saturated rings. The van der Waals surface area contributed by atoms with Crippen molar-refractivity contribution in [3.8, 4) is 23.0 Å². The van der Waals surface area contributed by atoms with E-state index in [-0.39, 0.29) is 36.4 Å². The molecule has 9 nitrogen and oxygen atoms in total. The van der Waals surface area contributed by atoms with Gasteiger partial charge in [0.15, 0.2) is 35.1 Å². The van der Waals surface area contributed by atoms with E-state index >= 15 is 0 Å². The van der Waals surface area contributed by atoms with Gasteiger partial charge >= 0.3 is 0 Å². The number of hydrogen-bond acceptors (Lipinski definition) is 8. The van der Waals surface area contributed by atoms with Crippen LogP contribution in [0.5, 0.6) is 23.0 Å². The first kappa shape index (κ1) is 34.4. The van der Waals surface area contributed by atoms with Crippen molar-refractivity contribution in [3.63, 3.8) is 0 Å². The summed E-state index contributed by atoms with van der Waals surface area (Å²) in [6.07, 6.45) is 8.32. The molecule has 0 spiro atoms. The number of ketones is 1. The standard InChI is InChI=1S/C32H39INO8P/c1-5-34(6-2)31(37)21-24(26(36)15-11-23-13-17-28(42-43-33)30(20-23)39-4)25(35)14-10-22-12-16-27(29(19-22)38-3)41-32-9-7-8-18-40-32/h10-17,19-20,32,36,43H,5-9,18,21H2,1-4H3/b14-10+,15-11+,26-24-. The second kappa shape index (κ2) is 17.9. The lowest BCUT2D eigenvalue weighted by Gasteiger charge is -2.24. The van der Waals surface area contributed by atoms with Gasteiger partial charge in [0.05, 0.1) is 32.8 Å². The Bertz CT molecular complexity index is 1330. The normalized spacial score (nSPS) is 16.0. The number of hydrogen-bond donors (Lipinski definition) is 1. The van der Waals surface area contributed by atoms with E-state index in [1.807, 2.05) is 19.9 Å². The Morgan fingerprint density at radius 1 is 0.977 bits per heavy atom. The summed E-state index contributed by atoms with van der Waals surface area (Å²) >= 11 is 2.13. The van der Waals surface area contributed by atoms with E-state index in [0.717, 1.165) is 24.8 Å². The Kier molecular flexibility index (Phi) is 14.3. The lowest BCUT2D eigenvalue weighted by molar-refractivity contribution is -0.130. The number of nitrogens with zero attached hydrogens (tertiary/aromatic N) is 1. The number of aliphatic hydroxyl groups is 1. The third kappa shape index (κ3) is 10.3. The Morgan fingerprint density at radius 3 is 2.19 bits per heavy atom. The number of carbonyl (C=O) groups excluding carboxylic acids is 2. The van der Waals surface area contributed by atoms with Crippen molar-refractivity contribution in [1.29, 1.82) is 0 Å². The molecular weight excluding hydrogens is 684 g/mol. The van der Waals surface area contributed by atoms with Crippen LogP contribution in [-0.4, -0.2) is 61.9 Å².